The van der Waals surface area contributed by atoms with E-state index in [1.54, 1.807) is 6.20 Å². The van der Waals surface area contributed by atoms with Gasteiger partial charge in [-0.05, 0) is 0 Å². The lowest BCUT2D eigenvalue weighted by Crippen LogP contribution is -2.03. The second-order valence-corrected chi connectivity index (χ2v) is 2.75. The maximum absolute atomic E-state index is 5.76. The van der Waals surface area contributed by atoms with Gasteiger partial charge in [0.15, 0.2) is 16.8 Å². The van der Waals surface area contributed by atoms with Crippen molar-refractivity contribution in [3.63, 3.8) is 0 Å². The lowest BCUT2D eigenvalue weighted by molar-refractivity contribution is 0.411. The summed E-state index contributed by atoms with van der Waals surface area (Å²) in [5.41, 5.74) is 0. The molecule has 72 valence electrons. The van der Waals surface area contributed by atoms with Gasteiger partial charge in [0.2, 0.25) is 6.39 Å². The summed E-state index contributed by atoms with van der Waals surface area (Å²) >= 11 is 5.76. The summed E-state index contributed by atoms with van der Waals surface area (Å²) in [6.45, 7) is 0.398. The lowest BCUT2D eigenvalue weighted by atomic mass is 10.5. The highest BCUT2D eigenvalue weighted by atomic mass is 35.5. The van der Waals surface area contributed by atoms with E-state index in [0.717, 1.165) is 0 Å². The number of aromatic nitrogens is 4. The second-order valence-electron chi connectivity index (χ2n) is 2.40. The van der Waals surface area contributed by atoms with Crippen molar-refractivity contribution in [2.75, 3.05) is 5.32 Å². The van der Waals surface area contributed by atoms with Gasteiger partial charge in [-0.2, -0.15) is 4.98 Å². The molecule has 0 spiro atoms. The minimum absolute atomic E-state index is 0.316. The van der Waals surface area contributed by atoms with Crippen LogP contribution in [0.4, 0.5) is 5.82 Å². The molecule has 1 N–H and O–H groups in total. The Kier molecular flexibility index (Phi) is 2.55. The summed E-state index contributed by atoms with van der Waals surface area (Å²) in [5, 5.41) is 6.86. The number of halogens is 1. The Morgan fingerprint density at radius 2 is 2.14 bits per heavy atom. The standard InChI is InChI=1S/C7H6ClN5O/c8-6-7(10-2-1-9-6)11-3-5-12-4-14-13-5/h1-2,4H,3H2,(H,10,11). The molecule has 0 atom stereocenters. The highest BCUT2D eigenvalue weighted by Crippen LogP contribution is 2.14. The highest BCUT2D eigenvalue weighted by molar-refractivity contribution is 6.31. The van der Waals surface area contributed by atoms with E-state index in [1.807, 2.05) is 0 Å². The monoisotopic (exact) mass is 211 g/mol. The Balaban J connectivity index is 2.02. The summed E-state index contributed by atoms with van der Waals surface area (Å²) in [4.78, 5) is 11.7. The van der Waals surface area contributed by atoms with E-state index in [1.165, 1.54) is 12.6 Å². The number of anilines is 1. The molecule has 2 aromatic rings. The van der Waals surface area contributed by atoms with Gasteiger partial charge in [-0.3, -0.25) is 0 Å². The summed E-state index contributed by atoms with van der Waals surface area (Å²) < 4.78 is 4.56. The summed E-state index contributed by atoms with van der Waals surface area (Å²) in [6, 6.07) is 0. The van der Waals surface area contributed by atoms with E-state index < -0.39 is 0 Å². The van der Waals surface area contributed by atoms with E-state index in [9.17, 15) is 0 Å². The summed E-state index contributed by atoms with van der Waals surface area (Å²) in [6.07, 6.45) is 4.32. The molecule has 0 amide bonds. The van der Waals surface area contributed by atoms with E-state index in [-0.39, 0.29) is 0 Å². The Labute approximate surface area is 84.3 Å². The van der Waals surface area contributed by atoms with Crippen molar-refractivity contribution in [3.05, 3.63) is 29.8 Å². The van der Waals surface area contributed by atoms with Gasteiger partial charge in [-0.15, -0.1) is 0 Å². The molecule has 0 aromatic carbocycles. The van der Waals surface area contributed by atoms with Gasteiger partial charge in [0.1, 0.15) is 0 Å². The molecular weight excluding hydrogens is 206 g/mol. The van der Waals surface area contributed by atoms with Gasteiger partial charge in [-0.1, -0.05) is 16.8 Å². The first-order valence-electron chi connectivity index (χ1n) is 3.82. The van der Waals surface area contributed by atoms with Crippen LogP contribution in [0.3, 0.4) is 0 Å². The average molecular weight is 212 g/mol. The van der Waals surface area contributed by atoms with E-state index in [0.29, 0.717) is 23.3 Å². The van der Waals surface area contributed by atoms with Crippen molar-refractivity contribution in [2.45, 2.75) is 6.54 Å². The van der Waals surface area contributed by atoms with Gasteiger partial charge in [0.05, 0.1) is 6.54 Å². The molecule has 2 rings (SSSR count). The normalized spacial score (nSPS) is 10.1. The van der Waals surface area contributed by atoms with Gasteiger partial charge >= 0.3 is 0 Å². The fourth-order valence-corrected chi connectivity index (χ4v) is 1.04. The summed E-state index contributed by atoms with van der Waals surface area (Å²) in [7, 11) is 0. The molecule has 0 aliphatic carbocycles. The van der Waals surface area contributed by atoms with Crippen LogP contribution in [0.1, 0.15) is 5.82 Å². The number of nitrogens with zero attached hydrogens (tertiary/aromatic N) is 4. The first kappa shape index (κ1) is 8.89. The van der Waals surface area contributed by atoms with E-state index in [4.69, 9.17) is 11.6 Å². The van der Waals surface area contributed by atoms with E-state index in [2.05, 4.69) is 29.9 Å². The van der Waals surface area contributed by atoms with Crippen molar-refractivity contribution in [1.82, 2.24) is 20.1 Å². The van der Waals surface area contributed by atoms with Crippen molar-refractivity contribution >= 4 is 17.4 Å². The third-order valence-electron chi connectivity index (χ3n) is 1.47. The molecule has 0 saturated carbocycles. The zero-order valence-corrected chi connectivity index (χ0v) is 7.77. The third-order valence-corrected chi connectivity index (χ3v) is 1.75. The maximum atomic E-state index is 5.76. The van der Waals surface area contributed by atoms with Gasteiger partial charge in [0.25, 0.3) is 0 Å². The smallest absolute Gasteiger partial charge is 0.213 e. The SMILES string of the molecule is Clc1nccnc1NCc1ncon1. The average Bonchev–Trinajstić information content (AvgIpc) is 2.69. The molecule has 0 unspecified atom stereocenters. The van der Waals surface area contributed by atoms with Gasteiger partial charge in [-0.25, -0.2) is 9.97 Å². The predicted octanol–water partition coefficient (Wildman–Crippen LogP) is 1.13. The van der Waals surface area contributed by atoms with Crippen molar-refractivity contribution in [1.29, 1.82) is 0 Å². The largest absolute Gasteiger partial charge is 0.360 e. The molecular formula is C7H6ClN5O. The first-order valence-corrected chi connectivity index (χ1v) is 4.19. The molecule has 0 saturated heterocycles. The number of hydrogen-bond acceptors (Lipinski definition) is 6. The zero-order valence-electron chi connectivity index (χ0n) is 7.01. The van der Waals surface area contributed by atoms with Crippen LogP contribution in [-0.2, 0) is 6.54 Å². The fourth-order valence-electron chi connectivity index (χ4n) is 0.873. The van der Waals surface area contributed by atoms with Crippen LogP contribution in [0.25, 0.3) is 0 Å². The number of hydrogen-bond donors (Lipinski definition) is 1. The first-order chi connectivity index (χ1) is 6.86. The topological polar surface area (TPSA) is 76.7 Å². The lowest BCUT2D eigenvalue weighted by Gasteiger charge is -2.02. The molecule has 6 nitrogen and oxygen atoms in total. The molecule has 2 aromatic heterocycles. The van der Waals surface area contributed by atoms with Crippen LogP contribution in [0.15, 0.2) is 23.3 Å². The van der Waals surface area contributed by atoms with Crippen molar-refractivity contribution < 1.29 is 4.52 Å². The molecule has 0 bridgehead atoms. The van der Waals surface area contributed by atoms with Gasteiger partial charge in [0, 0.05) is 12.4 Å². The van der Waals surface area contributed by atoms with Crippen LogP contribution in [0.2, 0.25) is 5.15 Å². The van der Waals surface area contributed by atoms with Crippen LogP contribution in [0.5, 0.6) is 0 Å². The minimum atomic E-state index is 0.316. The predicted molar refractivity (Wildman–Crippen MR) is 48.7 cm³/mol. The number of nitrogens with one attached hydrogen (secondary N) is 1. The fraction of sp³-hybridized carbons (Fsp3) is 0.143. The third kappa shape index (κ3) is 1.97. The maximum Gasteiger partial charge on any atom is 0.213 e. The minimum Gasteiger partial charge on any atom is -0.360 e. The molecule has 2 heterocycles. The quantitative estimate of drug-likeness (QED) is 0.820. The second kappa shape index (κ2) is 4.01. The van der Waals surface area contributed by atoms with Crippen molar-refractivity contribution in [3.8, 4) is 0 Å². The van der Waals surface area contributed by atoms with Crippen LogP contribution in [-0.4, -0.2) is 20.1 Å². The Hall–Kier alpha value is -1.69. The van der Waals surface area contributed by atoms with Crippen LogP contribution < -0.4 is 5.32 Å². The van der Waals surface area contributed by atoms with E-state index >= 15 is 0 Å². The molecule has 14 heavy (non-hydrogen) atoms. The molecule has 7 heteroatoms. The molecule has 0 aliphatic heterocycles. The van der Waals surface area contributed by atoms with Crippen LogP contribution >= 0.6 is 11.6 Å². The Morgan fingerprint density at radius 3 is 2.86 bits per heavy atom. The molecule has 0 aliphatic rings. The van der Waals surface area contributed by atoms with Gasteiger partial charge < -0.3 is 9.84 Å². The summed E-state index contributed by atoms with van der Waals surface area (Å²) in [5.74, 6) is 1.03. The highest BCUT2D eigenvalue weighted by Gasteiger charge is 2.03. The molecule has 0 fully saturated rings. The zero-order chi connectivity index (χ0) is 9.80. The van der Waals surface area contributed by atoms with Crippen molar-refractivity contribution in [2.24, 2.45) is 0 Å². The Morgan fingerprint density at radius 1 is 1.29 bits per heavy atom. The number of rotatable bonds is 3. The Bertz CT molecular complexity index is 404. The van der Waals surface area contributed by atoms with Crippen LogP contribution in [0, 0.1) is 0 Å². The molecule has 0 radical (unpaired) electrons.